The summed E-state index contributed by atoms with van der Waals surface area (Å²) in [4.78, 5) is 119. The highest BCUT2D eigenvalue weighted by Crippen LogP contribution is 2.29. The van der Waals surface area contributed by atoms with E-state index < -0.39 is 121 Å². The number of amides is 8. The molecule has 4 aromatic rings. The fourth-order valence-corrected chi connectivity index (χ4v) is 10.5. The van der Waals surface area contributed by atoms with Crippen LogP contribution in [0.15, 0.2) is 96.0 Å². The summed E-state index contributed by atoms with van der Waals surface area (Å²) in [6.45, 7) is 4.11. The van der Waals surface area contributed by atoms with E-state index in [-0.39, 0.29) is 74.6 Å². The Bertz CT molecular complexity index is 3050. The monoisotopic (exact) mass is 1170 g/mol. The molecule has 0 radical (unpaired) electrons. The molecule has 456 valence electrons. The lowest BCUT2D eigenvalue weighted by Crippen LogP contribution is -2.61. The maximum Gasteiger partial charge on any atom is 0.251 e. The highest BCUT2D eigenvalue weighted by Gasteiger charge is 2.46. The number of ether oxygens (including phenoxy) is 1. The number of nitrogens with zero attached hydrogens (tertiary/aromatic N) is 3. The van der Waals surface area contributed by atoms with Crippen molar-refractivity contribution in [3.8, 4) is 33.8 Å². The Hall–Kier alpha value is -8.65. The molecule has 0 spiro atoms. The standard InChI is InChI=1S/C60H78N12O13/c1-4-5-6-26-85-43-21-19-39(20-22-43)37-13-11-36(12-14-37)38-15-17-40(18-16-38)53(78)67-44-8-7-25-64-56(81)47-28-41(65-60(62)63)31-71(47)58(83)51(33(2)73)70-55(80)45(23-9-35-10-24-49(76)46(27-35)66-50(77)30-61)68-57(82)48-29-42(75)32-72(48)59(84)52(34(3)74)69-54(44)79/h10-22,24,27,33-34,41-42,44-45,47-48,51-52,73-76H,4-9,23,25-26,28-32,61H2,1-3H3,(H,64,81)(H,66,77)(H,67,78)(H,68,82)(H,69,79)(H,70,80)(H4,62,63,65)/t33-,34-,41+,42-,44+,45+,47+,48+,51+,52+/m1/s1. The number of carbonyl (C=O) groups excluding carboxylic acids is 8. The molecule has 0 bridgehead atoms. The van der Waals surface area contributed by atoms with Gasteiger partial charge in [0.1, 0.15) is 47.8 Å². The molecule has 0 aliphatic carbocycles. The fraction of sp³-hybridized carbons (Fsp3) is 0.450. The number of fused-ring (bicyclic) bond motifs is 2. The molecule has 3 aliphatic heterocycles. The summed E-state index contributed by atoms with van der Waals surface area (Å²) >= 11 is 0. The van der Waals surface area contributed by atoms with Gasteiger partial charge in [0.15, 0.2) is 5.96 Å². The molecule has 0 unspecified atom stereocenters. The predicted octanol–water partition coefficient (Wildman–Crippen LogP) is 0.254. The Labute approximate surface area is 492 Å². The number of nitrogens with one attached hydrogen (secondary N) is 6. The second kappa shape index (κ2) is 29.7. The van der Waals surface area contributed by atoms with Crippen molar-refractivity contribution in [1.82, 2.24) is 36.4 Å². The normalized spacial score (nSPS) is 23.4. The lowest BCUT2D eigenvalue weighted by atomic mass is 9.99. The molecule has 85 heavy (non-hydrogen) atoms. The summed E-state index contributed by atoms with van der Waals surface area (Å²) in [5, 5.41) is 59.3. The number of rotatable bonds is 17. The molecular formula is C60H78N12O13. The number of carbonyl (C=O) groups is 8. The molecule has 0 aromatic heterocycles. The summed E-state index contributed by atoms with van der Waals surface area (Å²) in [5.41, 5.74) is 21.2. The van der Waals surface area contributed by atoms with E-state index in [0.717, 1.165) is 57.1 Å². The number of anilines is 1. The van der Waals surface area contributed by atoms with Crippen molar-refractivity contribution in [2.45, 2.75) is 139 Å². The van der Waals surface area contributed by atoms with Gasteiger partial charge in [-0.15, -0.1) is 0 Å². The SMILES string of the molecule is CCCCCOc1ccc(-c2ccc(-c3ccc(C(=O)N[C@H]4CCCNC(=O)[C@@H]5C[C@H](N=C(N)N)CN5C(=O)[C@H]([C@@H](C)O)NC(=O)[C@H](CCc5ccc(O)c(NC(=O)CN)c5)NC(=O)[C@@H]5C[C@@H](O)CN5C(=O)[C@H]([C@@H](C)O)NC4=O)cc3)cc2)cc1. The maximum absolute atomic E-state index is 14.6. The van der Waals surface area contributed by atoms with Gasteiger partial charge in [-0.25, -0.2) is 4.99 Å². The second-order valence-corrected chi connectivity index (χ2v) is 21.7. The van der Waals surface area contributed by atoms with Gasteiger partial charge in [0.05, 0.1) is 43.2 Å². The molecule has 0 saturated carbocycles. The van der Waals surface area contributed by atoms with Crippen LogP contribution >= 0.6 is 0 Å². The van der Waals surface area contributed by atoms with Crippen LogP contribution in [0.2, 0.25) is 0 Å². The number of aliphatic hydroxyl groups is 3. The van der Waals surface area contributed by atoms with Gasteiger partial charge in [-0.3, -0.25) is 38.4 Å². The van der Waals surface area contributed by atoms with Gasteiger partial charge >= 0.3 is 0 Å². The molecular weight excluding hydrogens is 1100 g/mol. The Morgan fingerprint density at radius 2 is 1.32 bits per heavy atom. The summed E-state index contributed by atoms with van der Waals surface area (Å²) in [7, 11) is 0. The van der Waals surface area contributed by atoms with E-state index in [2.05, 4.69) is 43.8 Å². The van der Waals surface area contributed by atoms with Crippen LogP contribution in [0.3, 0.4) is 0 Å². The van der Waals surface area contributed by atoms with E-state index in [0.29, 0.717) is 12.2 Å². The topological polar surface area (TPSA) is 396 Å². The molecule has 3 fully saturated rings. The largest absolute Gasteiger partial charge is 0.506 e. The van der Waals surface area contributed by atoms with Crippen LogP contribution in [0.1, 0.15) is 88.1 Å². The first-order chi connectivity index (χ1) is 40.6. The van der Waals surface area contributed by atoms with Gasteiger partial charge in [0.25, 0.3) is 5.91 Å². The quantitative estimate of drug-likeness (QED) is 0.0292. The molecule has 7 rings (SSSR count). The number of aryl methyl sites for hydroxylation is 1. The Balaban J connectivity index is 1.15. The van der Waals surface area contributed by atoms with Crippen LogP contribution in [-0.4, -0.2) is 177 Å². The van der Waals surface area contributed by atoms with Gasteiger partial charge in [-0.2, -0.15) is 0 Å². The molecule has 16 N–H and O–H groups in total. The van der Waals surface area contributed by atoms with Crippen LogP contribution in [0.4, 0.5) is 5.69 Å². The van der Waals surface area contributed by atoms with Crippen LogP contribution in [0.25, 0.3) is 22.3 Å². The molecule has 3 saturated heterocycles. The molecule has 4 aromatic carbocycles. The Kier molecular flexibility index (Phi) is 22.4. The van der Waals surface area contributed by atoms with Crippen molar-refractivity contribution < 1.29 is 63.5 Å². The number of nitrogens with two attached hydrogens (primary N) is 3. The number of benzene rings is 4. The second-order valence-electron chi connectivity index (χ2n) is 21.7. The number of guanidine groups is 1. The van der Waals surface area contributed by atoms with Crippen LogP contribution < -0.4 is 53.8 Å². The maximum atomic E-state index is 14.6. The number of unbranched alkanes of at least 4 members (excludes halogenated alkanes) is 2. The van der Waals surface area contributed by atoms with Crippen molar-refractivity contribution in [3.05, 3.63) is 102 Å². The first kappa shape index (κ1) is 63.9. The molecule has 25 heteroatoms. The summed E-state index contributed by atoms with van der Waals surface area (Å²) < 4.78 is 5.86. The summed E-state index contributed by atoms with van der Waals surface area (Å²) in [6, 6.07) is 16.8. The fourth-order valence-electron chi connectivity index (χ4n) is 10.5. The average molecular weight is 1180 g/mol. The molecule has 3 aliphatic rings. The van der Waals surface area contributed by atoms with Gasteiger partial charge in [0, 0.05) is 38.0 Å². The van der Waals surface area contributed by atoms with Crippen molar-refractivity contribution in [1.29, 1.82) is 0 Å². The number of aromatic hydroxyl groups is 1. The Morgan fingerprint density at radius 3 is 1.91 bits per heavy atom. The first-order valence-electron chi connectivity index (χ1n) is 28.6. The van der Waals surface area contributed by atoms with Crippen molar-refractivity contribution >= 4 is 58.9 Å². The molecule has 25 nitrogen and oxygen atoms in total. The summed E-state index contributed by atoms with van der Waals surface area (Å²) in [6.07, 6.45) is -2.06. The highest BCUT2D eigenvalue weighted by atomic mass is 16.5. The minimum Gasteiger partial charge on any atom is -0.506 e. The van der Waals surface area contributed by atoms with E-state index >= 15 is 0 Å². The van der Waals surface area contributed by atoms with Gasteiger partial charge in [0.2, 0.25) is 41.4 Å². The molecule has 3 heterocycles. The lowest BCUT2D eigenvalue weighted by Gasteiger charge is -2.32. The lowest BCUT2D eigenvalue weighted by molar-refractivity contribution is -0.145. The molecule has 10 atom stereocenters. The third-order valence-electron chi connectivity index (χ3n) is 15.2. The van der Waals surface area contributed by atoms with E-state index in [4.69, 9.17) is 21.9 Å². The van der Waals surface area contributed by atoms with E-state index in [1.807, 2.05) is 48.5 Å². The van der Waals surface area contributed by atoms with Gasteiger partial charge in [-0.1, -0.05) is 74.4 Å². The third-order valence-corrected chi connectivity index (χ3v) is 15.2. The van der Waals surface area contributed by atoms with Crippen LogP contribution in [0, 0.1) is 0 Å². The van der Waals surface area contributed by atoms with Crippen LogP contribution in [0.5, 0.6) is 11.5 Å². The Morgan fingerprint density at radius 1 is 0.741 bits per heavy atom. The van der Waals surface area contributed by atoms with E-state index in [9.17, 15) is 58.8 Å². The number of aliphatic hydroxyl groups excluding tert-OH is 3. The van der Waals surface area contributed by atoms with E-state index in [1.54, 1.807) is 24.3 Å². The molecule has 8 amide bonds. The smallest absolute Gasteiger partial charge is 0.251 e. The van der Waals surface area contributed by atoms with Gasteiger partial charge < -0.3 is 84.1 Å². The number of phenolic OH excluding ortho intramolecular Hbond substituents is 1. The zero-order chi connectivity index (χ0) is 61.5. The third kappa shape index (κ3) is 17.0. The van der Waals surface area contributed by atoms with Crippen LogP contribution in [-0.2, 0) is 40.0 Å². The zero-order valence-corrected chi connectivity index (χ0v) is 47.9. The number of aliphatic imine (C=N–C) groups is 1. The van der Waals surface area contributed by atoms with Crippen molar-refractivity contribution in [3.63, 3.8) is 0 Å². The summed E-state index contributed by atoms with van der Waals surface area (Å²) in [5.74, 6) is -6.51. The van der Waals surface area contributed by atoms with Crippen molar-refractivity contribution in [2.75, 3.05) is 38.1 Å². The highest BCUT2D eigenvalue weighted by molar-refractivity contribution is 6.00. The van der Waals surface area contributed by atoms with Crippen molar-refractivity contribution in [2.24, 2.45) is 22.2 Å². The first-order valence-corrected chi connectivity index (χ1v) is 28.6. The minimum atomic E-state index is -1.74. The predicted molar refractivity (Wildman–Crippen MR) is 315 cm³/mol. The zero-order valence-electron chi connectivity index (χ0n) is 47.9. The van der Waals surface area contributed by atoms with E-state index in [1.165, 1.54) is 32.0 Å². The number of hydrogen-bond acceptors (Lipinski definition) is 15. The van der Waals surface area contributed by atoms with Gasteiger partial charge in [-0.05, 0) is 110 Å². The number of phenols is 1. The average Bonchev–Trinajstić information content (AvgIpc) is 2.69. The minimum absolute atomic E-state index is 0.00425. The number of hydrogen-bond donors (Lipinski definition) is 13.